The average Bonchev–Trinajstić information content (AvgIpc) is 2.41. The highest BCUT2D eigenvalue weighted by Gasteiger charge is 2.19. The molecule has 0 bridgehead atoms. The monoisotopic (exact) mass is 277 g/mol. The van der Waals surface area contributed by atoms with E-state index >= 15 is 0 Å². The lowest BCUT2D eigenvalue weighted by Crippen LogP contribution is -2.35. The van der Waals surface area contributed by atoms with Crippen LogP contribution in [0.25, 0.3) is 0 Å². The molecule has 1 saturated heterocycles. The maximum absolute atomic E-state index is 11.1. The highest BCUT2D eigenvalue weighted by Crippen LogP contribution is 2.18. The molecule has 5 heteroatoms. The highest BCUT2D eigenvalue weighted by atomic mass is 16.4. The fraction of sp³-hybridized carbons (Fsp3) is 0.600. The van der Waals surface area contributed by atoms with Crippen molar-refractivity contribution >= 4 is 5.97 Å². The molecule has 1 aliphatic heterocycles. The van der Waals surface area contributed by atoms with Gasteiger partial charge in [0.25, 0.3) is 0 Å². The molecule has 0 spiro atoms. The first-order chi connectivity index (χ1) is 9.56. The fourth-order valence-electron chi connectivity index (χ4n) is 2.80. The number of nitrogens with zero attached hydrogens (tertiary/aromatic N) is 3. The van der Waals surface area contributed by atoms with Gasteiger partial charge in [0.1, 0.15) is 0 Å². The first-order valence-corrected chi connectivity index (χ1v) is 7.10. The molecule has 0 saturated carbocycles. The van der Waals surface area contributed by atoms with Gasteiger partial charge in [-0.25, -0.2) is 9.78 Å². The Bertz CT molecular complexity index is 456. The Hall–Kier alpha value is -1.46. The van der Waals surface area contributed by atoms with Crippen LogP contribution in [0, 0.1) is 5.92 Å². The molecule has 0 aliphatic carbocycles. The van der Waals surface area contributed by atoms with E-state index in [1.165, 1.54) is 19.0 Å². The van der Waals surface area contributed by atoms with Gasteiger partial charge in [-0.1, -0.05) is 6.07 Å². The molecule has 0 unspecified atom stereocenters. The summed E-state index contributed by atoms with van der Waals surface area (Å²) in [5.41, 5.74) is 0.957. The van der Waals surface area contributed by atoms with E-state index in [1.54, 1.807) is 6.07 Å². The molecule has 0 aromatic carbocycles. The SMILES string of the molecule is CN1CCC(CN(C)Cc2cccnc2C(=O)O)CC1. The van der Waals surface area contributed by atoms with E-state index in [1.807, 2.05) is 6.07 Å². The zero-order valence-electron chi connectivity index (χ0n) is 12.2. The summed E-state index contributed by atoms with van der Waals surface area (Å²) in [5.74, 6) is -0.241. The summed E-state index contributed by atoms with van der Waals surface area (Å²) in [6, 6.07) is 3.65. The minimum Gasteiger partial charge on any atom is -0.477 e. The first-order valence-electron chi connectivity index (χ1n) is 7.10. The summed E-state index contributed by atoms with van der Waals surface area (Å²) in [5, 5.41) is 9.14. The van der Waals surface area contributed by atoms with Gasteiger partial charge in [-0.2, -0.15) is 0 Å². The number of pyridine rings is 1. The Morgan fingerprint density at radius 3 is 2.85 bits per heavy atom. The van der Waals surface area contributed by atoms with Crippen molar-refractivity contribution in [2.24, 2.45) is 5.92 Å². The molecule has 1 fully saturated rings. The molecule has 2 rings (SSSR count). The van der Waals surface area contributed by atoms with Gasteiger partial charge < -0.3 is 14.9 Å². The van der Waals surface area contributed by atoms with Crippen molar-refractivity contribution in [3.8, 4) is 0 Å². The number of rotatable bonds is 5. The minimum absolute atomic E-state index is 0.169. The summed E-state index contributed by atoms with van der Waals surface area (Å²) in [6.45, 7) is 3.97. The molecule has 1 aromatic heterocycles. The van der Waals surface area contributed by atoms with Crippen LogP contribution in [-0.4, -0.2) is 59.6 Å². The predicted octanol–water partition coefficient (Wildman–Crippen LogP) is 1.55. The lowest BCUT2D eigenvalue weighted by molar-refractivity contribution is 0.0687. The molecular formula is C15H23N3O2. The molecule has 0 radical (unpaired) electrons. The molecule has 2 heterocycles. The van der Waals surface area contributed by atoms with Crippen LogP contribution >= 0.6 is 0 Å². The van der Waals surface area contributed by atoms with Crippen molar-refractivity contribution in [2.75, 3.05) is 33.7 Å². The molecule has 0 atom stereocenters. The van der Waals surface area contributed by atoms with Crippen molar-refractivity contribution in [3.63, 3.8) is 0 Å². The topological polar surface area (TPSA) is 56.7 Å². The lowest BCUT2D eigenvalue weighted by Gasteiger charge is -2.31. The molecule has 5 nitrogen and oxygen atoms in total. The summed E-state index contributed by atoms with van der Waals surface area (Å²) in [7, 11) is 4.21. The minimum atomic E-state index is -0.951. The number of carbonyl (C=O) groups is 1. The fourth-order valence-corrected chi connectivity index (χ4v) is 2.80. The Kier molecular flexibility index (Phi) is 5.09. The Morgan fingerprint density at radius 2 is 2.20 bits per heavy atom. The number of hydrogen-bond donors (Lipinski definition) is 1. The third-order valence-electron chi connectivity index (χ3n) is 3.94. The third-order valence-corrected chi connectivity index (χ3v) is 3.94. The molecule has 1 aliphatic rings. The van der Waals surface area contributed by atoms with E-state index < -0.39 is 5.97 Å². The van der Waals surface area contributed by atoms with Crippen molar-refractivity contribution in [2.45, 2.75) is 19.4 Å². The van der Waals surface area contributed by atoms with Crippen LogP contribution in [0.3, 0.4) is 0 Å². The van der Waals surface area contributed by atoms with E-state index in [9.17, 15) is 4.79 Å². The standard InChI is InChI=1S/C15H23N3O2/c1-17-8-5-12(6-9-17)10-18(2)11-13-4-3-7-16-14(13)15(19)20/h3-4,7,12H,5-6,8-11H2,1-2H3,(H,19,20). The number of hydrogen-bond acceptors (Lipinski definition) is 4. The van der Waals surface area contributed by atoms with E-state index in [2.05, 4.69) is 28.9 Å². The molecule has 1 aromatic rings. The first kappa shape index (κ1) is 14.9. The molecule has 110 valence electrons. The van der Waals surface area contributed by atoms with Gasteiger partial charge in [-0.3, -0.25) is 0 Å². The summed E-state index contributed by atoms with van der Waals surface area (Å²) in [6.07, 6.45) is 3.98. The Balaban J connectivity index is 1.91. The van der Waals surface area contributed by atoms with Gasteiger partial charge in [-0.15, -0.1) is 0 Å². The van der Waals surface area contributed by atoms with Gasteiger partial charge in [0.15, 0.2) is 5.69 Å². The van der Waals surface area contributed by atoms with Gasteiger partial charge >= 0.3 is 5.97 Å². The van der Waals surface area contributed by atoms with E-state index in [-0.39, 0.29) is 5.69 Å². The number of likely N-dealkylation sites (tertiary alicyclic amines) is 1. The van der Waals surface area contributed by atoms with Crippen molar-refractivity contribution in [1.82, 2.24) is 14.8 Å². The van der Waals surface area contributed by atoms with Crippen LogP contribution in [0.4, 0.5) is 0 Å². The van der Waals surface area contributed by atoms with E-state index in [0.29, 0.717) is 12.5 Å². The number of carboxylic acid groups (broad SMARTS) is 1. The number of carboxylic acids is 1. The van der Waals surface area contributed by atoms with E-state index in [4.69, 9.17) is 5.11 Å². The van der Waals surface area contributed by atoms with Crippen LogP contribution in [0.2, 0.25) is 0 Å². The molecule has 20 heavy (non-hydrogen) atoms. The largest absolute Gasteiger partial charge is 0.477 e. The Labute approximate surface area is 120 Å². The normalized spacial score (nSPS) is 17.6. The van der Waals surface area contributed by atoms with Crippen molar-refractivity contribution in [1.29, 1.82) is 0 Å². The van der Waals surface area contributed by atoms with Crippen LogP contribution in [0.5, 0.6) is 0 Å². The van der Waals surface area contributed by atoms with Gasteiger partial charge in [0, 0.05) is 19.3 Å². The number of aromatic nitrogens is 1. The van der Waals surface area contributed by atoms with Crippen molar-refractivity contribution in [3.05, 3.63) is 29.6 Å². The lowest BCUT2D eigenvalue weighted by atomic mass is 9.96. The van der Waals surface area contributed by atoms with Gasteiger partial charge in [0.05, 0.1) is 0 Å². The second kappa shape index (κ2) is 6.81. The smallest absolute Gasteiger partial charge is 0.354 e. The van der Waals surface area contributed by atoms with Crippen LogP contribution in [0.15, 0.2) is 18.3 Å². The van der Waals surface area contributed by atoms with Crippen LogP contribution < -0.4 is 0 Å². The average molecular weight is 277 g/mol. The predicted molar refractivity (Wildman–Crippen MR) is 77.8 cm³/mol. The van der Waals surface area contributed by atoms with Crippen LogP contribution in [0.1, 0.15) is 28.9 Å². The van der Waals surface area contributed by atoms with Crippen molar-refractivity contribution < 1.29 is 9.90 Å². The summed E-state index contributed by atoms with van der Waals surface area (Å²) < 4.78 is 0. The molecular weight excluding hydrogens is 254 g/mol. The number of piperidine rings is 1. The number of aromatic carboxylic acids is 1. The second-order valence-electron chi connectivity index (χ2n) is 5.76. The summed E-state index contributed by atoms with van der Waals surface area (Å²) >= 11 is 0. The summed E-state index contributed by atoms with van der Waals surface area (Å²) in [4.78, 5) is 19.7. The van der Waals surface area contributed by atoms with Gasteiger partial charge in [0.2, 0.25) is 0 Å². The maximum Gasteiger partial charge on any atom is 0.354 e. The highest BCUT2D eigenvalue weighted by molar-refractivity contribution is 5.86. The second-order valence-corrected chi connectivity index (χ2v) is 5.76. The van der Waals surface area contributed by atoms with E-state index in [0.717, 1.165) is 25.2 Å². The molecule has 0 amide bonds. The quantitative estimate of drug-likeness (QED) is 0.885. The zero-order chi connectivity index (χ0) is 14.5. The molecule has 1 N–H and O–H groups in total. The zero-order valence-corrected chi connectivity index (χ0v) is 12.2. The Morgan fingerprint density at radius 1 is 1.50 bits per heavy atom. The maximum atomic E-state index is 11.1. The third kappa shape index (κ3) is 4.02. The van der Waals surface area contributed by atoms with Crippen LogP contribution in [-0.2, 0) is 6.54 Å². The van der Waals surface area contributed by atoms with Gasteiger partial charge in [-0.05, 0) is 57.6 Å².